The average molecular weight is 794 g/mol. The molecule has 0 fully saturated rings. The van der Waals surface area contributed by atoms with Crippen LogP contribution in [0, 0.1) is 0 Å². The molecule has 1 nitrogen and oxygen atoms in total. The molecule has 0 atom stereocenters. The van der Waals surface area contributed by atoms with Gasteiger partial charge in [-0.05, 0) is 115 Å². The summed E-state index contributed by atoms with van der Waals surface area (Å²) in [6.07, 6.45) is 3.24. The summed E-state index contributed by atoms with van der Waals surface area (Å²) >= 11 is 1.88. The number of thiophene rings is 1. The van der Waals surface area contributed by atoms with Crippen LogP contribution >= 0.6 is 11.3 Å². The van der Waals surface area contributed by atoms with Gasteiger partial charge in [0.25, 0.3) is 0 Å². The van der Waals surface area contributed by atoms with Crippen LogP contribution in [0.25, 0.3) is 97.0 Å². The maximum atomic E-state index is 2.47. The van der Waals surface area contributed by atoms with Crippen LogP contribution in [0.2, 0.25) is 0 Å². The van der Waals surface area contributed by atoms with E-state index in [1.54, 1.807) is 0 Å². The van der Waals surface area contributed by atoms with E-state index in [-0.39, 0.29) is 0 Å². The molecule has 10 aromatic carbocycles. The van der Waals surface area contributed by atoms with Crippen molar-refractivity contribution in [3.05, 3.63) is 241 Å². The molecule has 0 saturated carbocycles. The molecule has 2 heteroatoms. The number of aromatic nitrogens is 1. The molecule has 0 saturated heterocycles. The number of hydrogen-bond donors (Lipinski definition) is 0. The number of hydrogen-bond acceptors (Lipinski definition) is 1. The number of benzene rings is 10. The van der Waals surface area contributed by atoms with Crippen LogP contribution in [-0.4, -0.2) is 4.57 Å². The Hall–Kier alpha value is -7.52. The summed E-state index contributed by atoms with van der Waals surface area (Å²) in [6, 6.07) is 80.2. The third kappa shape index (κ3) is 5.99. The summed E-state index contributed by atoms with van der Waals surface area (Å²) in [4.78, 5) is 0. The van der Waals surface area contributed by atoms with Crippen LogP contribution in [0.4, 0.5) is 0 Å². The normalized spacial score (nSPS) is 12.1. The lowest BCUT2D eigenvalue weighted by atomic mass is 9.88. The Morgan fingerprint density at radius 2 is 1.08 bits per heavy atom. The maximum absolute atomic E-state index is 2.47. The quantitative estimate of drug-likeness (QED) is 0.142. The van der Waals surface area contributed by atoms with Crippen molar-refractivity contribution in [1.82, 2.24) is 4.57 Å². The zero-order valence-corrected chi connectivity index (χ0v) is 34.2. The Morgan fingerprint density at radius 3 is 1.98 bits per heavy atom. The Bertz CT molecular complexity index is 3680. The summed E-state index contributed by atoms with van der Waals surface area (Å²) < 4.78 is 5.11. The third-order valence-electron chi connectivity index (χ3n) is 12.5. The van der Waals surface area contributed by atoms with Crippen LogP contribution in [0.15, 0.2) is 224 Å². The van der Waals surface area contributed by atoms with E-state index in [4.69, 9.17) is 0 Å². The van der Waals surface area contributed by atoms with Gasteiger partial charge in [0.2, 0.25) is 0 Å². The summed E-state index contributed by atoms with van der Waals surface area (Å²) in [5.74, 6) is 0. The molecule has 12 rings (SSSR count). The highest BCUT2D eigenvalue weighted by atomic mass is 32.1. The number of allylic oxidation sites excluding steroid dienone is 1. The highest BCUT2D eigenvalue weighted by Crippen LogP contribution is 2.42. The summed E-state index contributed by atoms with van der Waals surface area (Å²) in [7, 11) is 0. The first-order chi connectivity index (χ1) is 30.3. The molecule has 0 bridgehead atoms. The molecule has 2 aromatic heterocycles. The average Bonchev–Trinajstić information content (AvgIpc) is 3.88. The molecular formula is C59H39NS. The van der Waals surface area contributed by atoms with Crippen LogP contribution in [0.5, 0.6) is 0 Å². The second-order valence-corrected chi connectivity index (χ2v) is 17.0. The summed E-state index contributed by atoms with van der Waals surface area (Å²) in [5, 5.41) is 10.3. The van der Waals surface area contributed by atoms with Crippen LogP contribution in [-0.2, 0) is 6.42 Å². The van der Waals surface area contributed by atoms with Gasteiger partial charge in [0.15, 0.2) is 0 Å². The van der Waals surface area contributed by atoms with Gasteiger partial charge in [0.05, 0.1) is 21.4 Å². The predicted octanol–water partition coefficient (Wildman–Crippen LogP) is 16.5. The molecule has 0 aliphatic rings. The minimum Gasteiger partial charge on any atom is -0.308 e. The molecule has 286 valence electrons. The lowest BCUT2D eigenvalue weighted by Gasteiger charge is -2.16. The number of fused-ring (bicyclic) bond motifs is 9. The molecule has 2 heterocycles. The van der Waals surface area contributed by atoms with Crippen molar-refractivity contribution in [2.24, 2.45) is 0 Å². The van der Waals surface area contributed by atoms with E-state index in [0.29, 0.717) is 0 Å². The van der Waals surface area contributed by atoms with Crippen LogP contribution in [0.3, 0.4) is 0 Å². The first-order valence-electron chi connectivity index (χ1n) is 21.1. The van der Waals surface area contributed by atoms with Crippen molar-refractivity contribution < 1.29 is 0 Å². The van der Waals surface area contributed by atoms with Crippen LogP contribution < -0.4 is 0 Å². The minimum atomic E-state index is 0.795. The van der Waals surface area contributed by atoms with Gasteiger partial charge in [-0.2, -0.15) is 0 Å². The molecule has 0 amide bonds. The van der Waals surface area contributed by atoms with Gasteiger partial charge in [-0.3, -0.25) is 0 Å². The second-order valence-electron chi connectivity index (χ2n) is 16.0. The zero-order chi connectivity index (χ0) is 40.3. The molecule has 0 radical (unpaired) electrons. The van der Waals surface area contributed by atoms with Gasteiger partial charge in [-0.1, -0.05) is 182 Å². The first-order valence-corrected chi connectivity index (χ1v) is 21.9. The molecule has 12 aromatic rings. The van der Waals surface area contributed by atoms with Crippen molar-refractivity contribution in [3.63, 3.8) is 0 Å². The fraction of sp³-hybridized carbons (Fsp3) is 0.0169. The first kappa shape index (κ1) is 35.4. The highest BCUT2D eigenvalue weighted by molar-refractivity contribution is 7.26. The van der Waals surface area contributed by atoms with Crippen molar-refractivity contribution in [1.29, 1.82) is 0 Å². The molecular weight excluding hydrogens is 755 g/mol. The van der Waals surface area contributed by atoms with E-state index in [1.165, 1.54) is 114 Å². The molecule has 0 unspecified atom stereocenters. The Morgan fingerprint density at radius 1 is 0.426 bits per heavy atom. The highest BCUT2D eigenvalue weighted by Gasteiger charge is 2.18. The SMILES string of the molecule is C(/Cc1ccccc1-c1cccc(-c2ccc3c(c2)c2ccccc2n3-c2cccc3c2sc2ccccc23)c1)=C(/c1ccccc1)c1cc2ccccc2c2ccccc12. The van der Waals surface area contributed by atoms with E-state index < -0.39 is 0 Å². The van der Waals surface area contributed by atoms with Gasteiger partial charge in [0, 0.05) is 26.2 Å². The maximum Gasteiger partial charge on any atom is 0.0640 e. The Labute approximate surface area is 358 Å². The van der Waals surface area contributed by atoms with Gasteiger partial charge >= 0.3 is 0 Å². The van der Waals surface area contributed by atoms with Gasteiger partial charge in [-0.25, -0.2) is 0 Å². The van der Waals surface area contributed by atoms with E-state index in [1.807, 2.05) is 11.3 Å². The van der Waals surface area contributed by atoms with Crippen molar-refractivity contribution in [3.8, 4) is 27.9 Å². The minimum absolute atomic E-state index is 0.795. The van der Waals surface area contributed by atoms with Crippen LogP contribution in [0.1, 0.15) is 16.7 Å². The standard InChI is InChI=1S/C59H39NS/c1-2-16-39(17-3-1)47(53-38-44-19-5-7-23-46(44)48-24-8-9-25-49(48)53)34-32-40-18-4-6-22-45(40)43-21-14-20-41(36-43)42-33-35-56-54(37-42)50-26-10-12-29-55(50)60(56)57-30-15-28-52-51-27-11-13-31-58(51)61-59(52)57/h1-31,33-38H,32H2/b47-34+. The molecule has 0 spiro atoms. The smallest absolute Gasteiger partial charge is 0.0640 e. The number of para-hydroxylation sites is 1. The van der Waals surface area contributed by atoms with Crippen molar-refractivity contribution in [2.75, 3.05) is 0 Å². The second kappa shape index (κ2) is 14.6. The van der Waals surface area contributed by atoms with E-state index >= 15 is 0 Å². The molecule has 0 aliphatic carbocycles. The summed E-state index contributed by atoms with van der Waals surface area (Å²) in [6.45, 7) is 0. The summed E-state index contributed by atoms with van der Waals surface area (Å²) in [5.41, 5.74) is 13.6. The monoisotopic (exact) mass is 793 g/mol. The lowest BCUT2D eigenvalue weighted by molar-refractivity contribution is 1.20. The third-order valence-corrected chi connectivity index (χ3v) is 13.7. The lowest BCUT2D eigenvalue weighted by Crippen LogP contribution is -1.94. The fourth-order valence-electron chi connectivity index (χ4n) is 9.66. The Kier molecular flexibility index (Phi) is 8.50. The predicted molar refractivity (Wildman–Crippen MR) is 263 cm³/mol. The Balaban J connectivity index is 0.951. The number of rotatable bonds is 7. The van der Waals surface area contributed by atoms with Crippen molar-refractivity contribution in [2.45, 2.75) is 6.42 Å². The largest absolute Gasteiger partial charge is 0.308 e. The van der Waals surface area contributed by atoms with Gasteiger partial charge in [-0.15, -0.1) is 11.3 Å². The van der Waals surface area contributed by atoms with Crippen molar-refractivity contribution >= 4 is 80.4 Å². The zero-order valence-electron chi connectivity index (χ0n) is 33.4. The van der Waals surface area contributed by atoms with Gasteiger partial charge < -0.3 is 4.57 Å². The molecule has 0 N–H and O–H groups in total. The van der Waals surface area contributed by atoms with E-state index in [9.17, 15) is 0 Å². The topological polar surface area (TPSA) is 4.93 Å². The molecule has 0 aliphatic heterocycles. The van der Waals surface area contributed by atoms with E-state index in [2.05, 4.69) is 229 Å². The molecule has 61 heavy (non-hydrogen) atoms. The van der Waals surface area contributed by atoms with E-state index in [0.717, 1.165) is 6.42 Å². The fourth-order valence-corrected chi connectivity index (χ4v) is 10.9. The number of nitrogens with zero attached hydrogens (tertiary/aromatic N) is 1. The van der Waals surface area contributed by atoms with Gasteiger partial charge in [0.1, 0.15) is 0 Å².